The Hall–Kier alpha value is -1.46. The molecule has 0 saturated heterocycles. The van der Waals surface area contributed by atoms with E-state index in [0.717, 1.165) is 12.3 Å². The lowest BCUT2D eigenvalue weighted by molar-refractivity contribution is -0.141. The van der Waals surface area contributed by atoms with E-state index < -0.39 is 17.5 Å². The Morgan fingerprint density at radius 2 is 1.94 bits per heavy atom. The van der Waals surface area contributed by atoms with E-state index >= 15 is 0 Å². The van der Waals surface area contributed by atoms with Crippen molar-refractivity contribution in [2.45, 2.75) is 39.0 Å². The van der Waals surface area contributed by atoms with E-state index in [4.69, 9.17) is 10.5 Å². The molecule has 17 heavy (non-hydrogen) atoms. The van der Waals surface area contributed by atoms with Crippen molar-refractivity contribution in [3.8, 4) is 5.75 Å². The number of anilines is 1. The molecule has 0 aliphatic heterocycles. The largest absolute Gasteiger partial charge is 0.486 e. The molecule has 0 fully saturated rings. The Morgan fingerprint density at radius 1 is 1.35 bits per heavy atom. The summed E-state index contributed by atoms with van der Waals surface area (Å²) < 4.78 is 42.8. The summed E-state index contributed by atoms with van der Waals surface area (Å²) in [6.45, 7) is 5.43. The van der Waals surface area contributed by atoms with Gasteiger partial charge in [-0.15, -0.1) is 0 Å². The third kappa shape index (κ3) is 3.51. The van der Waals surface area contributed by atoms with Gasteiger partial charge in [-0.2, -0.15) is 13.2 Å². The smallest absolute Gasteiger partial charge is 0.433 e. The van der Waals surface area contributed by atoms with Crippen LogP contribution in [-0.2, 0) is 6.18 Å². The third-order valence-corrected chi connectivity index (χ3v) is 2.42. The standard InChI is InChI=1S/C11H15F3N2O/c1-4-10(2,3)17-8-5-9(11(12,13)14)16-6-7(8)15/h5-6H,4,15H2,1-3H3. The summed E-state index contributed by atoms with van der Waals surface area (Å²) in [7, 11) is 0. The average molecular weight is 248 g/mol. The lowest BCUT2D eigenvalue weighted by atomic mass is 10.1. The van der Waals surface area contributed by atoms with Crippen molar-refractivity contribution in [1.29, 1.82) is 0 Å². The second-order valence-electron chi connectivity index (χ2n) is 4.32. The zero-order chi connectivity index (χ0) is 13.3. The van der Waals surface area contributed by atoms with Gasteiger partial charge in [0.05, 0.1) is 11.9 Å². The first-order valence-corrected chi connectivity index (χ1v) is 5.17. The molecule has 2 N–H and O–H groups in total. The molecular formula is C11H15F3N2O. The average Bonchev–Trinajstić information content (AvgIpc) is 2.19. The van der Waals surface area contributed by atoms with Crippen LogP contribution in [0.5, 0.6) is 5.75 Å². The number of hydrogen-bond acceptors (Lipinski definition) is 3. The number of halogens is 3. The van der Waals surface area contributed by atoms with E-state index in [1.54, 1.807) is 13.8 Å². The van der Waals surface area contributed by atoms with Crippen LogP contribution in [-0.4, -0.2) is 10.6 Å². The number of nitrogen functional groups attached to an aromatic ring is 1. The summed E-state index contributed by atoms with van der Waals surface area (Å²) in [5, 5.41) is 0. The summed E-state index contributed by atoms with van der Waals surface area (Å²) in [6.07, 6.45) is -2.89. The number of rotatable bonds is 3. The molecule has 0 spiro atoms. The van der Waals surface area contributed by atoms with Gasteiger partial charge in [-0.3, -0.25) is 0 Å². The summed E-state index contributed by atoms with van der Waals surface area (Å²) >= 11 is 0. The van der Waals surface area contributed by atoms with Gasteiger partial charge in [0.2, 0.25) is 0 Å². The summed E-state index contributed by atoms with van der Waals surface area (Å²) in [4.78, 5) is 3.24. The molecule has 1 heterocycles. The molecular weight excluding hydrogens is 233 g/mol. The minimum Gasteiger partial charge on any atom is -0.486 e. The molecule has 0 aliphatic rings. The Balaban J connectivity index is 3.08. The number of ether oxygens (including phenoxy) is 1. The number of nitrogens with two attached hydrogens (primary N) is 1. The zero-order valence-electron chi connectivity index (χ0n) is 9.93. The molecule has 0 amide bonds. The van der Waals surface area contributed by atoms with Gasteiger partial charge in [-0.1, -0.05) is 6.92 Å². The second-order valence-corrected chi connectivity index (χ2v) is 4.32. The van der Waals surface area contributed by atoms with Gasteiger partial charge in [-0.05, 0) is 20.3 Å². The first kappa shape index (κ1) is 13.6. The topological polar surface area (TPSA) is 48.1 Å². The van der Waals surface area contributed by atoms with Gasteiger partial charge < -0.3 is 10.5 Å². The van der Waals surface area contributed by atoms with Crippen LogP contribution in [0.3, 0.4) is 0 Å². The van der Waals surface area contributed by atoms with Gasteiger partial charge in [-0.25, -0.2) is 4.98 Å². The number of nitrogens with zero attached hydrogens (tertiary/aromatic N) is 1. The zero-order valence-corrected chi connectivity index (χ0v) is 9.93. The van der Waals surface area contributed by atoms with Crippen molar-refractivity contribution >= 4 is 5.69 Å². The van der Waals surface area contributed by atoms with Crippen molar-refractivity contribution in [3.05, 3.63) is 18.0 Å². The molecule has 0 aliphatic carbocycles. The predicted octanol–water partition coefficient (Wildman–Crippen LogP) is 3.25. The van der Waals surface area contributed by atoms with Crippen LogP contribution in [0.2, 0.25) is 0 Å². The van der Waals surface area contributed by atoms with Crippen LogP contribution in [0, 0.1) is 0 Å². The van der Waals surface area contributed by atoms with Crippen LogP contribution in [0.25, 0.3) is 0 Å². The highest BCUT2D eigenvalue weighted by molar-refractivity contribution is 5.51. The minimum absolute atomic E-state index is 0.0131. The van der Waals surface area contributed by atoms with Crippen LogP contribution in [0.15, 0.2) is 12.3 Å². The van der Waals surface area contributed by atoms with Gasteiger partial charge in [0, 0.05) is 6.07 Å². The highest BCUT2D eigenvalue weighted by Gasteiger charge is 2.33. The van der Waals surface area contributed by atoms with Gasteiger partial charge in [0.1, 0.15) is 17.0 Å². The molecule has 0 atom stereocenters. The fourth-order valence-electron chi connectivity index (χ4n) is 1.06. The molecule has 6 heteroatoms. The Kier molecular flexibility index (Phi) is 3.54. The molecule has 0 bridgehead atoms. The maximum absolute atomic E-state index is 12.5. The number of alkyl halides is 3. The maximum Gasteiger partial charge on any atom is 0.433 e. The summed E-state index contributed by atoms with van der Waals surface area (Å²) in [5.41, 5.74) is 4.06. The molecule has 1 aromatic rings. The number of hydrogen-bond donors (Lipinski definition) is 1. The lowest BCUT2D eigenvalue weighted by Gasteiger charge is -2.26. The minimum atomic E-state index is -4.50. The predicted molar refractivity (Wildman–Crippen MR) is 58.6 cm³/mol. The first-order valence-electron chi connectivity index (χ1n) is 5.17. The molecule has 0 aromatic carbocycles. The van der Waals surface area contributed by atoms with Crippen molar-refractivity contribution in [2.75, 3.05) is 5.73 Å². The van der Waals surface area contributed by atoms with Gasteiger partial charge in [0.15, 0.2) is 0 Å². The highest BCUT2D eigenvalue weighted by Crippen LogP contribution is 2.33. The lowest BCUT2D eigenvalue weighted by Crippen LogP contribution is -2.27. The molecule has 0 radical (unpaired) electrons. The van der Waals surface area contributed by atoms with Crippen LogP contribution in [0.1, 0.15) is 32.9 Å². The number of aromatic nitrogens is 1. The maximum atomic E-state index is 12.5. The molecule has 3 nitrogen and oxygen atoms in total. The molecule has 1 rings (SSSR count). The van der Waals surface area contributed by atoms with E-state index in [1.165, 1.54) is 0 Å². The van der Waals surface area contributed by atoms with E-state index in [-0.39, 0.29) is 11.4 Å². The molecule has 96 valence electrons. The van der Waals surface area contributed by atoms with Crippen LogP contribution < -0.4 is 10.5 Å². The molecule has 0 unspecified atom stereocenters. The third-order valence-electron chi connectivity index (χ3n) is 2.42. The molecule has 0 saturated carbocycles. The van der Waals surface area contributed by atoms with E-state index in [9.17, 15) is 13.2 Å². The first-order chi connectivity index (χ1) is 7.65. The summed E-state index contributed by atoms with van der Waals surface area (Å²) in [6, 6.07) is 0.826. The Morgan fingerprint density at radius 3 is 2.41 bits per heavy atom. The van der Waals surface area contributed by atoms with Crippen molar-refractivity contribution < 1.29 is 17.9 Å². The van der Waals surface area contributed by atoms with E-state index in [1.807, 2.05) is 6.92 Å². The Labute approximate surface area is 97.8 Å². The van der Waals surface area contributed by atoms with E-state index in [0.29, 0.717) is 6.42 Å². The molecule has 1 aromatic heterocycles. The van der Waals surface area contributed by atoms with Crippen molar-refractivity contribution in [1.82, 2.24) is 4.98 Å². The van der Waals surface area contributed by atoms with Crippen molar-refractivity contribution in [3.63, 3.8) is 0 Å². The summed E-state index contributed by atoms with van der Waals surface area (Å²) in [5.74, 6) is 0.0131. The van der Waals surface area contributed by atoms with Crippen molar-refractivity contribution in [2.24, 2.45) is 0 Å². The SMILES string of the molecule is CCC(C)(C)Oc1cc(C(F)(F)F)ncc1N. The highest BCUT2D eigenvalue weighted by atomic mass is 19.4. The van der Waals surface area contributed by atoms with Crippen LogP contribution >= 0.6 is 0 Å². The Bertz CT molecular complexity index is 402. The van der Waals surface area contributed by atoms with Gasteiger partial charge >= 0.3 is 6.18 Å². The van der Waals surface area contributed by atoms with Crippen LogP contribution in [0.4, 0.5) is 18.9 Å². The quantitative estimate of drug-likeness (QED) is 0.893. The fourth-order valence-corrected chi connectivity index (χ4v) is 1.06. The fraction of sp³-hybridized carbons (Fsp3) is 0.545. The second kappa shape index (κ2) is 4.43. The number of pyridine rings is 1. The normalized spacial score (nSPS) is 12.6. The monoisotopic (exact) mass is 248 g/mol. The van der Waals surface area contributed by atoms with E-state index in [2.05, 4.69) is 4.98 Å². The van der Waals surface area contributed by atoms with Gasteiger partial charge in [0.25, 0.3) is 0 Å².